The Morgan fingerprint density at radius 1 is 1.57 bits per heavy atom. The first kappa shape index (κ1) is 9.34. The van der Waals surface area contributed by atoms with Gasteiger partial charge in [0, 0.05) is 5.56 Å². The van der Waals surface area contributed by atoms with Gasteiger partial charge in [0.1, 0.15) is 18.1 Å². The van der Waals surface area contributed by atoms with E-state index in [-0.39, 0.29) is 6.04 Å². The van der Waals surface area contributed by atoms with Gasteiger partial charge in [0.25, 0.3) is 0 Å². The molecule has 1 atom stereocenters. The maximum atomic E-state index is 5.86. The molecule has 0 aromatic heterocycles. The van der Waals surface area contributed by atoms with Crippen LogP contribution in [-0.4, -0.2) is 13.2 Å². The van der Waals surface area contributed by atoms with Crippen molar-refractivity contribution in [1.82, 2.24) is 0 Å². The molecule has 76 valence electrons. The molecule has 1 heterocycles. The molecular weight excluding hydrogens is 178 g/mol. The predicted molar refractivity (Wildman–Crippen MR) is 54.7 cm³/mol. The molecule has 0 amide bonds. The zero-order valence-electron chi connectivity index (χ0n) is 8.32. The van der Waals surface area contributed by atoms with Crippen LogP contribution >= 0.6 is 0 Å². The molecule has 0 aliphatic carbocycles. The number of nitrogens with two attached hydrogens (primary N) is 1. The van der Waals surface area contributed by atoms with Crippen molar-refractivity contribution in [3.63, 3.8) is 0 Å². The van der Waals surface area contributed by atoms with Gasteiger partial charge >= 0.3 is 0 Å². The lowest BCUT2D eigenvalue weighted by Gasteiger charge is -2.06. The normalized spacial score (nSPS) is 18.9. The van der Waals surface area contributed by atoms with E-state index in [0.717, 1.165) is 30.1 Å². The molecule has 14 heavy (non-hydrogen) atoms. The molecule has 0 saturated carbocycles. The first-order chi connectivity index (χ1) is 6.81. The van der Waals surface area contributed by atoms with Crippen LogP contribution in [0.3, 0.4) is 0 Å². The molecule has 2 rings (SSSR count). The third kappa shape index (κ3) is 1.68. The Hall–Kier alpha value is -1.22. The van der Waals surface area contributed by atoms with Crippen molar-refractivity contribution >= 4 is 0 Å². The minimum Gasteiger partial charge on any atom is -0.494 e. The molecule has 0 fully saturated rings. The van der Waals surface area contributed by atoms with Crippen LogP contribution in [0.15, 0.2) is 18.2 Å². The molecule has 1 aromatic rings. The second-order valence-corrected chi connectivity index (χ2v) is 3.47. The molecule has 3 nitrogen and oxygen atoms in total. The largest absolute Gasteiger partial charge is 0.494 e. The lowest BCUT2D eigenvalue weighted by atomic mass is 10.1. The molecule has 1 aromatic carbocycles. The van der Waals surface area contributed by atoms with Gasteiger partial charge in [0.05, 0.1) is 12.6 Å². The van der Waals surface area contributed by atoms with Crippen LogP contribution < -0.4 is 15.2 Å². The Morgan fingerprint density at radius 2 is 2.43 bits per heavy atom. The Labute approximate surface area is 83.8 Å². The van der Waals surface area contributed by atoms with Crippen LogP contribution in [0, 0.1) is 0 Å². The van der Waals surface area contributed by atoms with Gasteiger partial charge in [-0.1, -0.05) is 6.92 Å². The van der Waals surface area contributed by atoms with Gasteiger partial charge in [-0.15, -0.1) is 0 Å². The van der Waals surface area contributed by atoms with Crippen molar-refractivity contribution in [3.05, 3.63) is 23.8 Å². The first-order valence-corrected chi connectivity index (χ1v) is 4.96. The van der Waals surface area contributed by atoms with Crippen molar-refractivity contribution in [2.24, 2.45) is 5.73 Å². The molecule has 0 spiro atoms. The molecule has 0 unspecified atom stereocenters. The molecule has 1 aliphatic heterocycles. The van der Waals surface area contributed by atoms with Crippen molar-refractivity contribution < 1.29 is 9.47 Å². The Bertz CT molecular complexity index is 325. The number of rotatable bonds is 3. The zero-order chi connectivity index (χ0) is 9.97. The molecule has 2 N–H and O–H groups in total. The summed E-state index contributed by atoms with van der Waals surface area (Å²) < 4.78 is 10.9. The van der Waals surface area contributed by atoms with E-state index in [1.165, 1.54) is 0 Å². The van der Waals surface area contributed by atoms with E-state index in [1.807, 2.05) is 18.2 Å². The minimum atomic E-state index is -0.00447. The summed E-state index contributed by atoms with van der Waals surface area (Å²) in [6.45, 7) is 3.41. The first-order valence-electron chi connectivity index (χ1n) is 4.96. The van der Waals surface area contributed by atoms with Gasteiger partial charge in [-0.2, -0.15) is 0 Å². The molecule has 0 radical (unpaired) electrons. The average molecular weight is 193 g/mol. The van der Waals surface area contributed by atoms with E-state index < -0.39 is 0 Å². The Kier molecular flexibility index (Phi) is 2.59. The Morgan fingerprint density at radius 3 is 3.21 bits per heavy atom. The monoisotopic (exact) mass is 193 g/mol. The van der Waals surface area contributed by atoms with Gasteiger partial charge in [-0.25, -0.2) is 0 Å². The maximum absolute atomic E-state index is 5.86. The van der Waals surface area contributed by atoms with Crippen molar-refractivity contribution in [1.29, 1.82) is 0 Å². The third-order valence-electron chi connectivity index (χ3n) is 2.27. The minimum absolute atomic E-state index is 0.00447. The highest BCUT2D eigenvalue weighted by molar-refractivity contribution is 5.44. The van der Waals surface area contributed by atoms with Crippen LogP contribution in [0.4, 0.5) is 0 Å². The van der Waals surface area contributed by atoms with E-state index in [0.29, 0.717) is 6.61 Å². The van der Waals surface area contributed by atoms with Crippen LogP contribution in [0.2, 0.25) is 0 Å². The van der Waals surface area contributed by atoms with Crippen LogP contribution in [-0.2, 0) is 0 Å². The molecule has 0 saturated heterocycles. The quantitative estimate of drug-likeness (QED) is 0.797. The molecular formula is C11H15NO2. The highest BCUT2D eigenvalue weighted by Gasteiger charge is 2.20. The highest BCUT2D eigenvalue weighted by Crippen LogP contribution is 2.33. The summed E-state index contributed by atoms with van der Waals surface area (Å²) in [6, 6.07) is 5.82. The van der Waals surface area contributed by atoms with Crippen LogP contribution in [0.5, 0.6) is 11.5 Å². The number of benzene rings is 1. The summed E-state index contributed by atoms with van der Waals surface area (Å²) >= 11 is 0. The van der Waals surface area contributed by atoms with Gasteiger partial charge in [-0.05, 0) is 24.6 Å². The highest BCUT2D eigenvalue weighted by atomic mass is 16.5. The maximum Gasteiger partial charge on any atom is 0.124 e. The fourth-order valence-corrected chi connectivity index (χ4v) is 1.53. The summed E-state index contributed by atoms with van der Waals surface area (Å²) in [6.07, 6.45) is 1.01. The van der Waals surface area contributed by atoms with Gasteiger partial charge in [-0.3, -0.25) is 0 Å². The summed E-state index contributed by atoms with van der Waals surface area (Å²) in [5.74, 6) is 1.77. The van der Waals surface area contributed by atoms with Gasteiger partial charge < -0.3 is 15.2 Å². The number of hydrogen-bond acceptors (Lipinski definition) is 3. The van der Waals surface area contributed by atoms with E-state index in [2.05, 4.69) is 6.92 Å². The van der Waals surface area contributed by atoms with Crippen molar-refractivity contribution in [3.8, 4) is 11.5 Å². The zero-order valence-corrected chi connectivity index (χ0v) is 8.32. The lowest BCUT2D eigenvalue weighted by Crippen LogP contribution is -2.10. The third-order valence-corrected chi connectivity index (χ3v) is 2.27. The van der Waals surface area contributed by atoms with E-state index in [1.54, 1.807) is 0 Å². The number of ether oxygens (including phenoxy) is 2. The standard InChI is InChI=1S/C11H15NO2/c1-2-5-13-8-3-4-11-9(6-8)10(12)7-14-11/h3-4,6,10H,2,5,7,12H2,1H3/t10-/m1/s1. The number of hydrogen-bond donors (Lipinski definition) is 1. The Balaban J connectivity index is 2.17. The fraction of sp³-hybridized carbons (Fsp3) is 0.455. The molecule has 1 aliphatic rings. The topological polar surface area (TPSA) is 44.5 Å². The van der Waals surface area contributed by atoms with Gasteiger partial charge in [0.2, 0.25) is 0 Å². The second-order valence-electron chi connectivity index (χ2n) is 3.47. The second kappa shape index (κ2) is 3.88. The summed E-state index contributed by atoms with van der Waals surface area (Å²) in [4.78, 5) is 0. The average Bonchev–Trinajstić information content (AvgIpc) is 2.57. The van der Waals surface area contributed by atoms with E-state index >= 15 is 0 Å². The molecule has 3 heteroatoms. The van der Waals surface area contributed by atoms with Crippen LogP contribution in [0.1, 0.15) is 24.9 Å². The van der Waals surface area contributed by atoms with Crippen molar-refractivity contribution in [2.75, 3.05) is 13.2 Å². The van der Waals surface area contributed by atoms with E-state index in [9.17, 15) is 0 Å². The number of fused-ring (bicyclic) bond motifs is 1. The van der Waals surface area contributed by atoms with Crippen LogP contribution in [0.25, 0.3) is 0 Å². The predicted octanol–water partition coefficient (Wildman–Crippen LogP) is 1.87. The summed E-state index contributed by atoms with van der Waals surface area (Å²) in [5, 5.41) is 0. The SMILES string of the molecule is CCCOc1ccc2c(c1)[C@H](N)CO2. The summed E-state index contributed by atoms with van der Waals surface area (Å²) in [7, 11) is 0. The van der Waals surface area contributed by atoms with Crippen molar-refractivity contribution in [2.45, 2.75) is 19.4 Å². The van der Waals surface area contributed by atoms with E-state index in [4.69, 9.17) is 15.2 Å². The fourth-order valence-electron chi connectivity index (χ4n) is 1.53. The summed E-state index contributed by atoms with van der Waals surface area (Å²) in [5.41, 5.74) is 6.92. The smallest absolute Gasteiger partial charge is 0.124 e. The lowest BCUT2D eigenvalue weighted by molar-refractivity contribution is 0.316. The van der Waals surface area contributed by atoms with Gasteiger partial charge in [0.15, 0.2) is 0 Å². The molecule has 0 bridgehead atoms.